The molecule has 0 radical (unpaired) electrons. The Morgan fingerprint density at radius 1 is 1.13 bits per heavy atom. The first-order valence-electron chi connectivity index (χ1n) is 9.54. The molecule has 5 nitrogen and oxygen atoms in total. The number of rotatable bonds is 3. The molecule has 0 bridgehead atoms. The topological polar surface area (TPSA) is 50.2 Å². The third-order valence-electron chi connectivity index (χ3n) is 5.14. The number of aromatic nitrogens is 2. The van der Waals surface area contributed by atoms with Gasteiger partial charge in [-0.05, 0) is 67.9 Å². The molecule has 0 fully saturated rings. The fourth-order valence-electron chi connectivity index (χ4n) is 3.63. The molecular weight excluding hydrogens is 413 g/mol. The lowest BCUT2D eigenvalue weighted by atomic mass is 10.0. The second-order valence-electron chi connectivity index (χ2n) is 7.48. The van der Waals surface area contributed by atoms with E-state index in [1.807, 2.05) is 12.1 Å². The van der Waals surface area contributed by atoms with E-state index in [9.17, 15) is 18.0 Å². The summed E-state index contributed by atoms with van der Waals surface area (Å²) in [5, 5.41) is 6.43. The van der Waals surface area contributed by atoms with Gasteiger partial charge in [-0.25, -0.2) is 0 Å². The van der Waals surface area contributed by atoms with Crippen molar-refractivity contribution in [2.75, 3.05) is 18.9 Å². The zero-order valence-corrected chi connectivity index (χ0v) is 17.4. The number of amides is 1. The molecule has 0 aliphatic carbocycles. The summed E-state index contributed by atoms with van der Waals surface area (Å²) in [4.78, 5) is 15.9. The Morgan fingerprint density at radius 2 is 1.93 bits per heavy atom. The van der Waals surface area contributed by atoms with Crippen molar-refractivity contribution in [1.29, 1.82) is 0 Å². The molecule has 0 unspecified atom stereocenters. The third kappa shape index (κ3) is 4.27. The second-order valence-corrected chi connectivity index (χ2v) is 8.56. The van der Waals surface area contributed by atoms with Gasteiger partial charge in [-0.1, -0.05) is 6.07 Å². The van der Waals surface area contributed by atoms with E-state index >= 15 is 0 Å². The number of fused-ring (bicyclic) bond motifs is 1. The monoisotopic (exact) mass is 434 g/mol. The first-order chi connectivity index (χ1) is 14.2. The van der Waals surface area contributed by atoms with Crippen molar-refractivity contribution >= 4 is 22.9 Å². The Labute approximate surface area is 176 Å². The van der Waals surface area contributed by atoms with Gasteiger partial charge >= 0.3 is 6.18 Å². The fraction of sp³-hybridized carbons (Fsp3) is 0.333. The van der Waals surface area contributed by atoms with E-state index in [0.717, 1.165) is 43.3 Å². The Bertz CT molecular complexity index is 1090. The van der Waals surface area contributed by atoms with Crippen LogP contribution in [0.25, 0.3) is 10.6 Å². The van der Waals surface area contributed by atoms with E-state index < -0.39 is 11.9 Å². The number of benzene rings is 1. The maximum absolute atomic E-state index is 12.9. The third-order valence-corrected chi connectivity index (χ3v) is 6.25. The molecule has 1 aromatic carbocycles. The highest BCUT2D eigenvalue weighted by Crippen LogP contribution is 2.34. The number of nitrogens with one attached hydrogen (secondary N) is 1. The van der Waals surface area contributed by atoms with Crippen molar-refractivity contribution in [1.82, 2.24) is 14.7 Å². The van der Waals surface area contributed by atoms with Crippen LogP contribution in [0.2, 0.25) is 0 Å². The van der Waals surface area contributed by atoms with Crippen LogP contribution in [0.3, 0.4) is 0 Å². The summed E-state index contributed by atoms with van der Waals surface area (Å²) in [5.74, 6) is -0.286. The number of anilines is 1. The van der Waals surface area contributed by atoms with Crippen LogP contribution in [-0.2, 0) is 26.2 Å². The molecule has 30 heavy (non-hydrogen) atoms. The standard InChI is InChI=1S/C21H21F3N4OS/c1-27-9-3-4-13-5-6-15(10-14(13)12-27)25-20(29)18-8-7-17(30-18)16-11-19(21(22,23)24)26-28(16)2/h5-8,10-11H,3-4,9,12H2,1-2H3,(H,25,29). The predicted octanol–water partition coefficient (Wildman–Crippen LogP) is 4.80. The Kier molecular flexibility index (Phi) is 5.42. The van der Waals surface area contributed by atoms with Crippen LogP contribution >= 0.6 is 11.3 Å². The molecule has 0 spiro atoms. The predicted molar refractivity (Wildman–Crippen MR) is 111 cm³/mol. The highest BCUT2D eigenvalue weighted by Gasteiger charge is 2.34. The van der Waals surface area contributed by atoms with E-state index in [-0.39, 0.29) is 5.91 Å². The average Bonchev–Trinajstić information content (AvgIpc) is 3.25. The van der Waals surface area contributed by atoms with Crippen molar-refractivity contribution in [3.8, 4) is 10.6 Å². The van der Waals surface area contributed by atoms with Crippen molar-refractivity contribution in [3.05, 3.63) is 58.1 Å². The quantitative estimate of drug-likeness (QED) is 0.644. The smallest absolute Gasteiger partial charge is 0.321 e. The van der Waals surface area contributed by atoms with Crippen LogP contribution in [0, 0.1) is 0 Å². The first-order valence-corrected chi connectivity index (χ1v) is 10.4. The molecule has 158 valence electrons. The van der Waals surface area contributed by atoms with Gasteiger partial charge in [0.15, 0.2) is 5.69 Å². The highest BCUT2D eigenvalue weighted by atomic mass is 32.1. The van der Waals surface area contributed by atoms with Gasteiger partial charge in [-0.15, -0.1) is 11.3 Å². The highest BCUT2D eigenvalue weighted by molar-refractivity contribution is 7.17. The second kappa shape index (κ2) is 7.88. The van der Waals surface area contributed by atoms with Gasteiger partial charge in [0.05, 0.1) is 15.4 Å². The zero-order valence-electron chi connectivity index (χ0n) is 16.6. The largest absolute Gasteiger partial charge is 0.435 e. The number of carbonyl (C=O) groups is 1. The molecule has 2 aromatic heterocycles. The van der Waals surface area contributed by atoms with Crippen LogP contribution in [-0.4, -0.2) is 34.2 Å². The lowest BCUT2D eigenvalue weighted by molar-refractivity contribution is -0.141. The minimum atomic E-state index is -4.51. The summed E-state index contributed by atoms with van der Waals surface area (Å²) in [6.07, 6.45) is -2.38. The number of carbonyl (C=O) groups excluding carboxylic acids is 1. The summed E-state index contributed by atoms with van der Waals surface area (Å²) in [6, 6.07) is 10.2. The maximum Gasteiger partial charge on any atom is 0.435 e. The Hall–Kier alpha value is -2.65. The number of thiophene rings is 1. The lowest BCUT2D eigenvalue weighted by Crippen LogP contribution is -2.17. The summed E-state index contributed by atoms with van der Waals surface area (Å²) in [5.41, 5.74) is 2.58. The van der Waals surface area contributed by atoms with Gasteiger partial charge in [0, 0.05) is 19.3 Å². The molecule has 1 aliphatic rings. The molecule has 0 saturated heterocycles. The molecule has 0 saturated carbocycles. The van der Waals surface area contributed by atoms with E-state index in [1.54, 1.807) is 12.1 Å². The molecule has 9 heteroatoms. The van der Waals surface area contributed by atoms with Crippen LogP contribution in [0.5, 0.6) is 0 Å². The summed E-state index contributed by atoms with van der Waals surface area (Å²) in [6.45, 7) is 1.88. The van der Waals surface area contributed by atoms with E-state index in [4.69, 9.17) is 0 Å². The van der Waals surface area contributed by atoms with Gasteiger partial charge in [-0.3, -0.25) is 9.48 Å². The first kappa shape index (κ1) is 20.6. The molecule has 4 rings (SSSR count). The van der Waals surface area contributed by atoms with Crippen LogP contribution in [0.15, 0.2) is 36.4 Å². The number of alkyl halides is 3. The van der Waals surface area contributed by atoms with Gasteiger partial charge in [0.25, 0.3) is 5.91 Å². The minimum Gasteiger partial charge on any atom is -0.321 e. The fourth-order valence-corrected chi connectivity index (χ4v) is 4.58. The molecule has 0 atom stereocenters. The normalized spacial score (nSPS) is 15.0. The average molecular weight is 434 g/mol. The van der Waals surface area contributed by atoms with Crippen molar-refractivity contribution < 1.29 is 18.0 Å². The molecule has 1 aliphatic heterocycles. The summed E-state index contributed by atoms with van der Waals surface area (Å²) >= 11 is 1.14. The summed E-state index contributed by atoms with van der Waals surface area (Å²) in [7, 11) is 3.53. The Balaban J connectivity index is 1.52. The van der Waals surface area contributed by atoms with Crippen molar-refractivity contribution in [3.63, 3.8) is 0 Å². The number of hydrogen-bond donors (Lipinski definition) is 1. The number of halogens is 3. The molecule has 1 N–H and O–H groups in total. The maximum atomic E-state index is 12.9. The lowest BCUT2D eigenvalue weighted by Gasteiger charge is -2.14. The molecule has 1 amide bonds. The number of nitrogens with zero attached hydrogens (tertiary/aromatic N) is 3. The van der Waals surface area contributed by atoms with Gasteiger partial charge in [0.1, 0.15) is 0 Å². The van der Waals surface area contributed by atoms with E-state index in [1.165, 1.54) is 22.9 Å². The van der Waals surface area contributed by atoms with Gasteiger partial charge < -0.3 is 10.2 Å². The Morgan fingerprint density at radius 3 is 2.67 bits per heavy atom. The van der Waals surface area contributed by atoms with Crippen LogP contribution in [0.1, 0.15) is 32.9 Å². The zero-order chi connectivity index (χ0) is 21.5. The van der Waals surface area contributed by atoms with E-state index in [2.05, 4.69) is 28.4 Å². The van der Waals surface area contributed by atoms with Crippen molar-refractivity contribution in [2.45, 2.75) is 25.6 Å². The molecule has 3 heterocycles. The van der Waals surface area contributed by atoms with Crippen LogP contribution < -0.4 is 5.32 Å². The van der Waals surface area contributed by atoms with E-state index in [0.29, 0.717) is 21.1 Å². The molecule has 3 aromatic rings. The van der Waals surface area contributed by atoms with Crippen molar-refractivity contribution in [2.24, 2.45) is 7.05 Å². The summed E-state index contributed by atoms with van der Waals surface area (Å²) < 4.78 is 39.9. The number of hydrogen-bond acceptors (Lipinski definition) is 4. The molecular formula is C21H21F3N4OS. The SMILES string of the molecule is CN1CCCc2ccc(NC(=O)c3ccc(-c4cc(C(F)(F)F)nn4C)s3)cc2C1. The van der Waals surface area contributed by atoms with Gasteiger partial charge in [-0.2, -0.15) is 18.3 Å². The van der Waals surface area contributed by atoms with Crippen LogP contribution in [0.4, 0.5) is 18.9 Å². The minimum absolute atomic E-state index is 0.286. The van der Waals surface area contributed by atoms with Gasteiger partial charge in [0.2, 0.25) is 0 Å². The number of aryl methyl sites for hydroxylation is 2.